The predicted molar refractivity (Wildman–Crippen MR) is 153 cm³/mol. The molecule has 0 heterocycles. The molecule has 0 spiro atoms. The molecular weight excluding hydrogens is 551 g/mol. The van der Waals surface area contributed by atoms with E-state index in [1.54, 1.807) is 30.3 Å². The number of ether oxygens (including phenoxy) is 4. The molecule has 39 heavy (non-hydrogen) atoms. The van der Waals surface area contributed by atoms with Gasteiger partial charge in [-0.3, -0.25) is 4.79 Å². The highest BCUT2D eigenvalue weighted by molar-refractivity contribution is 6.02. The molecule has 0 radical (unpaired) electrons. The van der Waals surface area contributed by atoms with Gasteiger partial charge in [0.05, 0.1) is 14.2 Å². The summed E-state index contributed by atoms with van der Waals surface area (Å²) in [5.41, 5.74) is 12.2. The first-order valence-electron chi connectivity index (χ1n) is 11.2. The second-order valence-electron chi connectivity index (χ2n) is 7.88. The second kappa shape index (κ2) is 16.9. The summed E-state index contributed by atoms with van der Waals surface area (Å²) in [7, 11) is 2.84. The van der Waals surface area contributed by atoms with Gasteiger partial charge in [-0.2, -0.15) is 0 Å². The standard InChI is InChI=1S/C27H30N2O8.2ClH/c1-16(28)26(32)36-22-11-7-18(13-24(22)34-3)5-9-20(30)15-21(31)10-6-19-8-12-23(25(14-19)35-4)37-27(33)17(2)29;;/h5-17,30H,28-29H2,1-4H3;2*1H/b9-5+,10-6+,20-15-;;/t16-,17-;;/m1../s1. The number of carbonyl (C=O) groups excluding carboxylic acids is 3. The molecule has 0 saturated heterocycles. The van der Waals surface area contributed by atoms with Crippen LogP contribution in [0.1, 0.15) is 25.0 Å². The first-order chi connectivity index (χ1) is 17.5. The molecule has 2 aromatic carbocycles. The molecule has 0 unspecified atom stereocenters. The van der Waals surface area contributed by atoms with E-state index in [1.807, 2.05) is 0 Å². The van der Waals surface area contributed by atoms with Crippen LogP contribution in [0, 0.1) is 0 Å². The second-order valence-corrected chi connectivity index (χ2v) is 7.88. The van der Waals surface area contributed by atoms with Crippen LogP contribution in [0.15, 0.2) is 60.4 Å². The Bertz CT molecular complexity index is 1240. The molecule has 10 nitrogen and oxygen atoms in total. The van der Waals surface area contributed by atoms with E-state index >= 15 is 0 Å². The third-order valence-corrected chi connectivity index (χ3v) is 4.72. The first-order valence-corrected chi connectivity index (χ1v) is 11.2. The molecule has 5 N–H and O–H groups in total. The molecule has 0 aliphatic carbocycles. The van der Waals surface area contributed by atoms with Gasteiger partial charge in [0.1, 0.15) is 17.8 Å². The Morgan fingerprint density at radius 1 is 0.744 bits per heavy atom. The average molecular weight is 583 g/mol. The third-order valence-electron chi connectivity index (χ3n) is 4.72. The number of rotatable bonds is 11. The quantitative estimate of drug-likeness (QED) is 0.117. The lowest BCUT2D eigenvalue weighted by Crippen LogP contribution is -2.30. The van der Waals surface area contributed by atoms with Gasteiger partial charge >= 0.3 is 11.9 Å². The minimum absolute atomic E-state index is 0. The summed E-state index contributed by atoms with van der Waals surface area (Å²) in [6, 6.07) is 7.92. The maximum atomic E-state index is 12.2. The highest BCUT2D eigenvalue weighted by Gasteiger charge is 2.15. The van der Waals surface area contributed by atoms with E-state index in [1.165, 1.54) is 58.4 Å². The molecule has 0 aromatic heterocycles. The average Bonchev–Trinajstić information content (AvgIpc) is 2.87. The number of halogens is 2. The number of carbonyl (C=O) groups is 3. The van der Waals surface area contributed by atoms with Crippen molar-refractivity contribution in [1.82, 2.24) is 0 Å². The number of hydrogen-bond acceptors (Lipinski definition) is 10. The number of methoxy groups -OCH3 is 2. The van der Waals surface area contributed by atoms with Crippen LogP contribution < -0.4 is 30.4 Å². The molecule has 0 fully saturated rings. The number of ketones is 1. The lowest BCUT2D eigenvalue weighted by molar-refractivity contribution is -0.136. The minimum atomic E-state index is -0.790. The Kier molecular flexibility index (Phi) is 15.2. The van der Waals surface area contributed by atoms with Crippen molar-refractivity contribution in [1.29, 1.82) is 0 Å². The number of nitrogens with two attached hydrogens (primary N) is 2. The molecule has 2 aromatic rings. The molecule has 0 amide bonds. The van der Waals surface area contributed by atoms with E-state index in [-0.39, 0.29) is 42.1 Å². The molecule has 0 aliphatic rings. The lowest BCUT2D eigenvalue weighted by Gasteiger charge is -2.11. The van der Waals surface area contributed by atoms with E-state index in [9.17, 15) is 19.5 Å². The molecule has 0 bridgehead atoms. The zero-order valence-corrected chi connectivity index (χ0v) is 23.4. The summed E-state index contributed by atoms with van der Waals surface area (Å²) in [5.74, 6) is -0.962. The summed E-state index contributed by atoms with van der Waals surface area (Å²) < 4.78 is 20.8. The first kappa shape index (κ1) is 35.2. The van der Waals surface area contributed by atoms with Gasteiger partial charge in [-0.1, -0.05) is 24.3 Å². The monoisotopic (exact) mass is 582 g/mol. The molecule has 2 atom stereocenters. The van der Waals surface area contributed by atoms with Crippen molar-refractivity contribution >= 4 is 54.7 Å². The van der Waals surface area contributed by atoms with Gasteiger partial charge in [0.15, 0.2) is 28.8 Å². The Hall–Kier alpha value is -3.83. The van der Waals surface area contributed by atoms with Crippen molar-refractivity contribution in [2.24, 2.45) is 11.5 Å². The Balaban J connectivity index is 0.00000722. The van der Waals surface area contributed by atoms with Gasteiger partial charge in [0.2, 0.25) is 0 Å². The van der Waals surface area contributed by atoms with Gasteiger partial charge in [-0.25, -0.2) is 9.59 Å². The van der Waals surface area contributed by atoms with Crippen molar-refractivity contribution in [3.8, 4) is 23.0 Å². The van der Waals surface area contributed by atoms with Gasteiger partial charge in [0.25, 0.3) is 0 Å². The topological polar surface area (TPSA) is 160 Å². The van der Waals surface area contributed by atoms with Gasteiger partial charge in [-0.15, -0.1) is 24.8 Å². The summed E-state index contributed by atoms with van der Waals surface area (Å²) >= 11 is 0. The van der Waals surface area contributed by atoms with Crippen molar-refractivity contribution in [3.63, 3.8) is 0 Å². The highest BCUT2D eigenvalue weighted by Crippen LogP contribution is 2.30. The van der Waals surface area contributed by atoms with E-state index in [0.29, 0.717) is 22.6 Å². The van der Waals surface area contributed by atoms with Crippen LogP contribution in [0.25, 0.3) is 12.2 Å². The number of hydrogen-bond donors (Lipinski definition) is 3. The smallest absolute Gasteiger partial charge is 0.328 e. The van der Waals surface area contributed by atoms with Gasteiger partial charge < -0.3 is 35.5 Å². The number of esters is 2. The Morgan fingerprint density at radius 2 is 1.15 bits per heavy atom. The van der Waals surface area contributed by atoms with Crippen LogP contribution >= 0.6 is 24.8 Å². The van der Waals surface area contributed by atoms with Crippen LogP contribution in [0.3, 0.4) is 0 Å². The van der Waals surface area contributed by atoms with E-state index in [0.717, 1.165) is 6.08 Å². The van der Waals surface area contributed by atoms with E-state index in [4.69, 9.17) is 30.4 Å². The number of aliphatic hydroxyl groups is 1. The summed E-state index contributed by atoms with van der Waals surface area (Å²) in [6.45, 7) is 3.01. The number of benzene rings is 2. The van der Waals surface area contributed by atoms with Crippen molar-refractivity contribution in [3.05, 3.63) is 71.5 Å². The summed E-state index contributed by atoms with van der Waals surface area (Å²) in [6.07, 6.45) is 6.70. The number of aliphatic hydroxyl groups excluding tert-OH is 1. The SMILES string of the molecule is COc1cc(/C=C/C(=O)/C=C(O)/C=C/c2ccc(OC(=O)[C@@H](C)N)c(OC)c2)ccc1OC(=O)[C@@H](C)N.Cl.Cl. The van der Waals surface area contributed by atoms with Crippen LogP contribution in [-0.2, 0) is 14.4 Å². The third kappa shape index (κ3) is 11.2. The fraction of sp³-hybridized carbons (Fsp3) is 0.222. The van der Waals surface area contributed by atoms with Crippen molar-refractivity contribution < 1.29 is 38.4 Å². The van der Waals surface area contributed by atoms with Gasteiger partial charge in [0, 0.05) is 6.08 Å². The molecule has 2 rings (SSSR count). The van der Waals surface area contributed by atoms with Crippen LogP contribution in [0.2, 0.25) is 0 Å². The van der Waals surface area contributed by atoms with E-state index in [2.05, 4.69) is 0 Å². The van der Waals surface area contributed by atoms with Crippen LogP contribution in [0.4, 0.5) is 0 Å². The zero-order valence-electron chi connectivity index (χ0n) is 21.8. The largest absolute Gasteiger partial charge is 0.508 e. The summed E-state index contributed by atoms with van der Waals surface area (Å²) in [5, 5.41) is 10.1. The predicted octanol–water partition coefficient (Wildman–Crippen LogP) is 3.79. The summed E-state index contributed by atoms with van der Waals surface area (Å²) in [4.78, 5) is 35.7. The fourth-order valence-electron chi connectivity index (χ4n) is 2.75. The molecule has 12 heteroatoms. The van der Waals surface area contributed by atoms with E-state index < -0.39 is 29.8 Å². The Morgan fingerprint density at radius 3 is 1.54 bits per heavy atom. The maximum Gasteiger partial charge on any atom is 0.328 e. The maximum absolute atomic E-state index is 12.2. The molecule has 0 aliphatic heterocycles. The van der Waals surface area contributed by atoms with Crippen molar-refractivity contribution in [2.75, 3.05) is 14.2 Å². The lowest BCUT2D eigenvalue weighted by atomic mass is 10.1. The minimum Gasteiger partial charge on any atom is -0.508 e. The fourth-order valence-corrected chi connectivity index (χ4v) is 2.75. The number of allylic oxidation sites excluding steroid dienone is 3. The molecular formula is C27H32Cl2N2O8. The molecule has 212 valence electrons. The highest BCUT2D eigenvalue weighted by atomic mass is 35.5. The molecule has 0 saturated carbocycles. The van der Waals surface area contributed by atoms with Gasteiger partial charge in [-0.05, 0) is 61.4 Å². The Labute approximate surface area is 239 Å². The van der Waals surface area contributed by atoms with Crippen LogP contribution in [-0.4, -0.2) is 49.1 Å². The van der Waals surface area contributed by atoms with Crippen molar-refractivity contribution in [2.45, 2.75) is 25.9 Å². The zero-order chi connectivity index (χ0) is 27.5. The van der Waals surface area contributed by atoms with Crippen LogP contribution in [0.5, 0.6) is 23.0 Å². The normalized spacial score (nSPS) is 12.6.